The highest BCUT2D eigenvalue weighted by Crippen LogP contribution is 2.53. The predicted molar refractivity (Wildman–Crippen MR) is 299 cm³/mol. The summed E-state index contributed by atoms with van der Waals surface area (Å²) in [6.45, 7) is 14.2. The molecule has 0 aliphatic carbocycles. The van der Waals surface area contributed by atoms with E-state index in [1.54, 1.807) is 0 Å². The molecule has 4 heterocycles. The molecule has 0 bridgehead atoms. The van der Waals surface area contributed by atoms with Crippen LogP contribution in [0.5, 0.6) is 11.5 Å². The summed E-state index contributed by atoms with van der Waals surface area (Å²) in [7, 11) is 0. The van der Waals surface area contributed by atoms with E-state index in [2.05, 4.69) is 250 Å². The lowest BCUT2D eigenvalue weighted by Gasteiger charge is -2.46. The van der Waals surface area contributed by atoms with Crippen molar-refractivity contribution in [3.8, 4) is 11.5 Å². The van der Waals surface area contributed by atoms with E-state index in [4.69, 9.17) is 4.74 Å². The molecule has 0 saturated carbocycles. The average molecular weight is 922 g/mol. The summed E-state index contributed by atoms with van der Waals surface area (Å²) in [6.07, 6.45) is 0. The summed E-state index contributed by atoms with van der Waals surface area (Å²) in [6, 6.07) is 72.4. The molecular formula is C63H53B2N3OS. The van der Waals surface area contributed by atoms with Crippen LogP contribution in [0.3, 0.4) is 0 Å². The highest BCUT2D eigenvalue weighted by atomic mass is 32.2. The Morgan fingerprint density at radius 1 is 0.357 bits per heavy atom. The Kier molecular flexibility index (Phi) is 10.2. The first-order valence-corrected chi connectivity index (χ1v) is 25.8. The number of ether oxygens (including phenoxy) is 1. The van der Waals surface area contributed by atoms with Crippen molar-refractivity contribution in [1.29, 1.82) is 0 Å². The molecule has 0 saturated heterocycles. The first kappa shape index (κ1) is 42.7. The van der Waals surface area contributed by atoms with Crippen LogP contribution >= 0.6 is 11.8 Å². The molecule has 7 heteroatoms. The first-order chi connectivity index (χ1) is 34.2. The summed E-state index contributed by atoms with van der Waals surface area (Å²) >= 11 is 1.93. The van der Waals surface area contributed by atoms with Gasteiger partial charge >= 0.3 is 0 Å². The highest BCUT2D eigenvalue weighted by Gasteiger charge is 2.46. The third-order valence-corrected chi connectivity index (χ3v) is 16.2. The van der Waals surface area contributed by atoms with E-state index in [9.17, 15) is 0 Å². The van der Waals surface area contributed by atoms with E-state index in [1.807, 2.05) is 11.8 Å². The van der Waals surface area contributed by atoms with Crippen LogP contribution in [0.15, 0.2) is 204 Å². The predicted octanol–water partition coefficient (Wildman–Crippen LogP) is 13.7. The second-order valence-corrected chi connectivity index (χ2v) is 21.3. The summed E-state index contributed by atoms with van der Waals surface area (Å²) in [5.74, 6) is 2.81. The van der Waals surface area contributed by atoms with Gasteiger partial charge < -0.3 is 19.4 Å². The van der Waals surface area contributed by atoms with Crippen molar-refractivity contribution in [3.05, 3.63) is 211 Å². The number of nitrogens with zero attached hydrogens (tertiary/aromatic N) is 3. The van der Waals surface area contributed by atoms with E-state index < -0.39 is 0 Å². The Labute approximate surface area is 417 Å². The molecular weight excluding hydrogens is 868 g/mol. The van der Waals surface area contributed by atoms with Gasteiger partial charge in [0.15, 0.2) is 11.5 Å². The van der Waals surface area contributed by atoms with E-state index in [0.29, 0.717) is 17.8 Å². The maximum atomic E-state index is 6.61. The molecule has 9 aromatic carbocycles. The monoisotopic (exact) mass is 921 g/mol. The van der Waals surface area contributed by atoms with Gasteiger partial charge in [0.1, 0.15) is 0 Å². The van der Waals surface area contributed by atoms with Crippen LogP contribution in [-0.4, -0.2) is 13.4 Å². The van der Waals surface area contributed by atoms with Gasteiger partial charge in [0.25, 0.3) is 6.71 Å². The molecule has 70 heavy (non-hydrogen) atoms. The van der Waals surface area contributed by atoms with Gasteiger partial charge in [0.2, 0.25) is 6.71 Å². The van der Waals surface area contributed by atoms with Gasteiger partial charge in [-0.2, -0.15) is 0 Å². The molecule has 4 nitrogen and oxygen atoms in total. The van der Waals surface area contributed by atoms with Crippen molar-refractivity contribution < 1.29 is 4.74 Å². The van der Waals surface area contributed by atoms with Gasteiger partial charge in [-0.3, -0.25) is 0 Å². The van der Waals surface area contributed by atoms with Gasteiger partial charge in [-0.25, -0.2) is 0 Å². The zero-order valence-electron chi connectivity index (χ0n) is 40.5. The smallest absolute Gasteiger partial charge is 0.252 e. The fourth-order valence-corrected chi connectivity index (χ4v) is 13.0. The van der Waals surface area contributed by atoms with E-state index in [1.165, 1.54) is 76.3 Å². The lowest BCUT2D eigenvalue weighted by molar-refractivity contribution is 0.477. The van der Waals surface area contributed by atoms with Crippen molar-refractivity contribution >= 4 is 109 Å². The number of hydrogen-bond donors (Lipinski definition) is 0. The Balaban J connectivity index is 1.14. The lowest BCUT2D eigenvalue weighted by atomic mass is 9.31. The van der Waals surface area contributed by atoms with Crippen molar-refractivity contribution in [1.82, 2.24) is 0 Å². The quantitative estimate of drug-likeness (QED) is 0.148. The molecule has 0 unspecified atom stereocenters. The molecule has 0 spiro atoms. The number of para-hydroxylation sites is 7. The molecule has 0 radical (unpaired) electrons. The summed E-state index contributed by atoms with van der Waals surface area (Å²) < 4.78 is 6.61. The number of fused-ring (bicyclic) bond motifs is 8. The SMILES string of the molecule is CC(C)c1cc(C(C)C)c(B2c3ccccc3Sc3cc4c(cc32)B2c3ccccc3N(c3ccccc3)c3cc(N5c6ccccc6Oc6ccccc65)cc(c32)N4c2ccccc2)c(C(C)C)c1. The fourth-order valence-electron chi connectivity index (χ4n) is 11.9. The van der Waals surface area contributed by atoms with Gasteiger partial charge in [-0.15, -0.1) is 0 Å². The van der Waals surface area contributed by atoms with E-state index in [0.717, 1.165) is 45.6 Å². The van der Waals surface area contributed by atoms with E-state index in [-0.39, 0.29) is 13.4 Å². The minimum Gasteiger partial charge on any atom is -0.453 e. The van der Waals surface area contributed by atoms with Crippen LogP contribution < -0.4 is 52.2 Å². The number of benzene rings is 9. The molecule has 0 atom stereocenters. The van der Waals surface area contributed by atoms with Crippen LogP contribution in [0.4, 0.5) is 51.2 Å². The molecule has 13 rings (SSSR count). The topological polar surface area (TPSA) is 19.0 Å². The Bertz CT molecular complexity index is 3460. The summed E-state index contributed by atoms with van der Waals surface area (Å²) in [4.78, 5) is 10.1. The maximum absolute atomic E-state index is 6.61. The van der Waals surface area contributed by atoms with Crippen LogP contribution in [-0.2, 0) is 0 Å². The molecule has 4 aliphatic heterocycles. The minimum absolute atomic E-state index is 0.0555. The average Bonchev–Trinajstić information content (AvgIpc) is 3.38. The summed E-state index contributed by atoms with van der Waals surface area (Å²) in [5, 5.41) is 0. The molecule has 0 amide bonds. The van der Waals surface area contributed by atoms with Crippen LogP contribution in [0.1, 0.15) is 76.0 Å². The van der Waals surface area contributed by atoms with E-state index >= 15 is 0 Å². The Morgan fingerprint density at radius 3 is 1.43 bits per heavy atom. The van der Waals surface area contributed by atoms with Crippen molar-refractivity contribution in [2.75, 3.05) is 14.7 Å². The van der Waals surface area contributed by atoms with Crippen LogP contribution in [0, 0.1) is 0 Å². The molecule has 4 aliphatic rings. The molecule has 338 valence electrons. The second-order valence-electron chi connectivity index (χ2n) is 20.2. The zero-order valence-corrected chi connectivity index (χ0v) is 41.3. The number of anilines is 9. The van der Waals surface area contributed by atoms with Gasteiger partial charge in [0, 0.05) is 43.9 Å². The minimum atomic E-state index is -0.0555. The Morgan fingerprint density at radius 2 is 0.843 bits per heavy atom. The van der Waals surface area contributed by atoms with Gasteiger partial charge in [0.05, 0.1) is 17.1 Å². The third kappa shape index (κ3) is 6.62. The first-order valence-electron chi connectivity index (χ1n) is 25.0. The lowest BCUT2D eigenvalue weighted by Crippen LogP contribution is -2.64. The molecule has 9 aromatic rings. The van der Waals surface area contributed by atoms with Crippen molar-refractivity contribution in [3.63, 3.8) is 0 Å². The fraction of sp³-hybridized carbons (Fsp3) is 0.143. The molecule has 0 N–H and O–H groups in total. The van der Waals surface area contributed by atoms with Crippen LogP contribution in [0.2, 0.25) is 0 Å². The number of hydrogen-bond acceptors (Lipinski definition) is 5. The van der Waals surface area contributed by atoms with Crippen molar-refractivity contribution in [2.45, 2.75) is 69.1 Å². The Hall–Kier alpha value is -7.34. The standard InChI is InChI=1S/C63H53B2N3OS/c1-39(2)42-33-46(40(3)4)62(47(34-42)41(5)6)65-49-26-14-20-32-60(49)70-61-38-55-50(37-51(61)65)64-48-25-13-15-27-52(48)66(43-21-9-7-10-22-43)56-35-45(36-57(63(56)64)67(55)44-23-11-8-12-24-44)68-53-28-16-18-30-58(53)69-59-31-19-17-29-54(59)68/h7-41H,1-6H3. The van der Waals surface area contributed by atoms with Gasteiger partial charge in [-0.05, 0) is 130 Å². The molecule has 0 aromatic heterocycles. The zero-order chi connectivity index (χ0) is 47.4. The van der Waals surface area contributed by atoms with Gasteiger partial charge in [-0.1, -0.05) is 185 Å². The second kappa shape index (κ2) is 16.7. The van der Waals surface area contributed by atoms with Crippen molar-refractivity contribution in [2.24, 2.45) is 0 Å². The molecule has 0 fully saturated rings. The third-order valence-electron chi connectivity index (χ3n) is 15.0. The number of rotatable bonds is 7. The van der Waals surface area contributed by atoms with Crippen LogP contribution in [0.25, 0.3) is 0 Å². The highest BCUT2D eigenvalue weighted by molar-refractivity contribution is 8.00. The normalized spacial score (nSPS) is 13.9. The summed E-state index contributed by atoms with van der Waals surface area (Å²) in [5.41, 5.74) is 22.6. The largest absolute Gasteiger partial charge is 0.453 e. The maximum Gasteiger partial charge on any atom is 0.252 e.